The molecule has 0 bridgehead atoms. The molecule has 2 aromatic rings. The van der Waals surface area contributed by atoms with Gasteiger partial charge in [0.05, 0.1) is 16.4 Å². The summed E-state index contributed by atoms with van der Waals surface area (Å²) in [5.74, 6) is -1.17. The van der Waals surface area contributed by atoms with E-state index in [9.17, 15) is 31.2 Å². The third kappa shape index (κ3) is 6.51. The number of amides is 2. The second-order valence-electron chi connectivity index (χ2n) is 9.57. The van der Waals surface area contributed by atoms with Gasteiger partial charge >= 0.3 is 6.18 Å². The van der Waals surface area contributed by atoms with Crippen LogP contribution < -0.4 is 10.6 Å². The number of hydrogen-bond donors (Lipinski definition) is 2. The molecule has 2 aliphatic rings. The van der Waals surface area contributed by atoms with Crippen molar-refractivity contribution in [1.29, 1.82) is 0 Å². The number of rotatable bonds is 6. The molecule has 1 saturated carbocycles. The highest BCUT2D eigenvalue weighted by atomic mass is 32.2. The minimum Gasteiger partial charge on any atom is -0.351 e. The molecule has 1 saturated heterocycles. The van der Waals surface area contributed by atoms with Crippen LogP contribution in [-0.2, 0) is 21.0 Å². The zero-order valence-corrected chi connectivity index (χ0v) is 21.0. The molecule has 2 N–H and O–H groups in total. The summed E-state index contributed by atoms with van der Waals surface area (Å²) >= 11 is 0. The Kier molecular flexibility index (Phi) is 8.23. The van der Waals surface area contributed by atoms with E-state index in [1.165, 1.54) is 0 Å². The topological polar surface area (TPSA) is 95.6 Å². The van der Waals surface area contributed by atoms with Crippen molar-refractivity contribution in [2.24, 2.45) is 5.92 Å². The van der Waals surface area contributed by atoms with Crippen LogP contribution in [0.2, 0.25) is 0 Å². The minimum atomic E-state index is -4.66. The number of benzene rings is 2. The number of halogens is 3. The molecular formula is C26H30F3N3O4S. The zero-order chi connectivity index (χ0) is 26.6. The molecule has 2 amide bonds. The van der Waals surface area contributed by atoms with Crippen molar-refractivity contribution >= 4 is 21.8 Å². The van der Waals surface area contributed by atoms with E-state index < -0.39 is 32.6 Å². The van der Waals surface area contributed by atoms with Gasteiger partial charge in [-0.05, 0) is 56.0 Å². The van der Waals surface area contributed by atoms with Crippen molar-refractivity contribution in [2.75, 3.05) is 13.1 Å². The minimum absolute atomic E-state index is 0.113. The quantitative estimate of drug-likeness (QED) is 0.583. The van der Waals surface area contributed by atoms with Gasteiger partial charge in [0.1, 0.15) is 0 Å². The molecule has 37 heavy (non-hydrogen) atoms. The highest BCUT2D eigenvalue weighted by Crippen LogP contribution is 2.32. The van der Waals surface area contributed by atoms with Crippen LogP contribution in [0.3, 0.4) is 0 Å². The number of nitrogens with zero attached hydrogens (tertiary/aromatic N) is 1. The number of piperidine rings is 1. The first kappa shape index (κ1) is 27.1. The molecule has 1 heterocycles. The Balaban J connectivity index is 1.42. The van der Waals surface area contributed by atoms with E-state index in [1.807, 2.05) is 6.07 Å². The lowest BCUT2D eigenvalue weighted by atomic mass is 9.89. The first-order chi connectivity index (χ1) is 17.6. The average Bonchev–Trinajstić information content (AvgIpc) is 2.90. The van der Waals surface area contributed by atoms with Crippen LogP contribution in [0.4, 0.5) is 13.2 Å². The van der Waals surface area contributed by atoms with Crippen LogP contribution in [-0.4, -0.2) is 49.7 Å². The molecule has 2 fully saturated rings. The molecule has 200 valence electrons. The fraction of sp³-hybridized carbons (Fsp3) is 0.462. The molecule has 0 radical (unpaired) electrons. The molecular weight excluding hydrogens is 507 g/mol. The van der Waals surface area contributed by atoms with Gasteiger partial charge in [-0.2, -0.15) is 17.5 Å². The highest BCUT2D eigenvalue weighted by molar-refractivity contribution is 7.89. The predicted octanol–water partition coefficient (Wildman–Crippen LogP) is 3.96. The number of nitrogens with one attached hydrogen (secondary N) is 2. The van der Waals surface area contributed by atoms with Crippen molar-refractivity contribution in [2.45, 2.75) is 61.7 Å². The molecule has 0 aromatic heterocycles. The Morgan fingerprint density at radius 3 is 2.22 bits per heavy atom. The fourth-order valence-electron chi connectivity index (χ4n) is 4.97. The Hall–Kier alpha value is -2.92. The van der Waals surface area contributed by atoms with Gasteiger partial charge in [0.2, 0.25) is 15.9 Å². The number of sulfonamides is 1. The van der Waals surface area contributed by atoms with Gasteiger partial charge < -0.3 is 10.6 Å². The summed E-state index contributed by atoms with van der Waals surface area (Å²) in [6, 6.07) is 11.9. The van der Waals surface area contributed by atoms with Crippen LogP contribution in [0.15, 0.2) is 59.5 Å². The fourth-order valence-corrected chi connectivity index (χ4v) is 6.55. The van der Waals surface area contributed by atoms with Crippen molar-refractivity contribution in [3.63, 3.8) is 0 Å². The molecule has 1 unspecified atom stereocenters. The first-order valence-corrected chi connectivity index (χ1v) is 13.8. The molecule has 1 aliphatic heterocycles. The van der Waals surface area contributed by atoms with Crippen LogP contribution in [0, 0.1) is 5.92 Å². The smallest absolute Gasteiger partial charge is 0.351 e. The first-order valence-electron chi connectivity index (χ1n) is 12.4. The SMILES string of the molecule is O=C(N[C@@H]1CCCC[C@H]1NC(=O)C1CCCN(S(=O)(=O)c2cccc(C(F)(F)F)c2)C1)c1ccccc1. The summed E-state index contributed by atoms with van der Waals surface area (Å²) in [4.78, 5) is 25.4. The van der Waals surface area contributed by atoms with Gasteiger partial charge in [-0.25, -0.2) is 8.42 Å². The van der Waals surface area contributed by atoms with Crippen LogP contribution >= 0.6 is 0 Å². The number of alkyl halides is 3. The van der Waals surface area contributed by atoms with E-state index in [0.717, 1.165) is 35.3 Å². The largest absolute Gasteiger partial charge is 0.416 e. The summed E-state index contributed by atoms with van der Waals surface area (Å²) in [5, 5.41) is 6.03. The number of hydrogen-bond acceptors (Lipinski definition) is 4. The molecule has 11 heteroatoms. The van der Waals surface area contributed by atoms with Gasteiger partial charge in [-0.3, -0.25) is 9.59 Å². The Labute approximate surface area is 214 Å². The number of carbonyl (C=O) groups excluding carboxylic acids is 2. The molecule has 7 nitrogen and oxygen atoms in total. The maximum Gasteiger partial charge on any atom is 0.416 e. The lowest BCUT2D eigenvalue weighted by Gasteiger charge is -2.36. The van der Waals surface area contributed by atoms with Crippen LogP contribution in [0.25, 0.3) is 0 Å². The van der Waals surface area contributed by atoms with Crippen molar-refractivity contribution in [1.82, 2.24) is 14.9 Å². The summed E-state index contributed by atoms with van der Waals surface area (Å²) in [6.07, 6.45) is -0.581. The standard InChI is InChI=1S/C26H30F3N3O4S/c27-26(28,29)20-11-6-12-21(16-20)37(35,36)32-15-7-10-19(17-32)25(34)31-23-14-5-4-13-22(23)30-24(33)18-8-2-1-3-9-18/h1-3,6,8-9,11-12,16,19,22-23H,4-5,7,10,13-15,17H2,(H,30,33)(H,31,34)/t19?,22-,23-/m1/s1. The van der Waals surface area contributed by atoms with Gasteiger partial charge in [0.15, 0.2) is 0 Å². The average molecular weight is 538 g/mol. The van der Waals surface area contributed by atoms with Crippen LogP contribution in [0.5, 0.6) is 0 Å². The van der Waals surface area contributed by atoms with Crippen molar-refractivity contribution in [3.8, 4) is 0 Å². The van der Waals surface area contributed by atoms with Gasteiger partial charge in [0.25, 0.3) is 5.91 Å². The molecule has 0 spiro atoms. The summed E-state index contributed by atoms with van der Waals surface area (Å²) in [7, 11) is -4.21. The Bertz CT molecular complexity index is 1220. The van der Waals surface area contributed by atoms with Gasteiger partial charge in [0, 0.05) is 30.7 Å². The van der Waals surface area contributed by atoms with Crippen LogP contribution in [0.1, 0.15) is 54.4 Å². The summed E-state index contributed by atoms with van der Waals surface area (Å²) in [5.41, 5.74) is -0.512. The molecule has 3 atom stereocenters. The summed E-state index contributed by atoms with van der Waals surface area (Å²) < 4.78 is 66.6. The molecule has 4 rings (SSSR count). The van der Waals surface area contributed by atoms with Crippen molar-refractivity contribution in [3.05, 3.63) is 65.7 Å². The third-order valence-corrected chi connectivity index (χ3v) is 8.86. The highest BCUT2D eigenvalue weighted by Gasteiger charge is 2.37. The molecule has 1 aliphatic carbocycles. The Morgan fingerprint density at radius 2 is 1.54 bits per heavy atom. The third-order valence-electron chi connectivity index (χ3n) is 7.00. The normalized spacial score (nSPS) is 23.3. The second kappa shape index (κ2) is 11.2. The Morgan fingerprint density at radius 1 is 0.865 bits per heavy atom. The molecule has 2 aromatic carbocycles. The summed E-state index contributed by atoms with van der Waals surface area (Å²) in [6.45, 7) is 0.0136. The van der Waals surface area contributed by atoms with E-state index in [-0.39, 0.29) is 37.0 Å². The maximum atomic E-state index is 13.2. The van der Waals surface area contributed by atoms with E-state index >= 15 is 0 Å². The maximum absolute atomic E-state index is 13.2. The van der Waals surface area contributed by atoms with E-state index in [1.54, 1.807) is 24.3 Å². The second-order valence-corrected chi connectivity index (χ2v) is 11.5. The predicted molar refractivity (Wildman–Crippen MR) is 131 cm³/mol. The van der Waals surface area contributed by atoms with E-state index in [4.69, 9.17) is 0 Å². The lowest BCUT2D eigenvalue weighted by molar-refractivity contribution is -0.137. The van der Waals surface area contributed by atoms with E-state index in [2.05, 4.69) is 10.6 Å². The zero-order valence-electron chi connectivity index (χ0n) is 20.2. The van der Waals surface area contributed by atoms with E-state index in [0.29, 0.717) is 37.3 Å². The van der Waals surface area contributed by atoms with Gasteiger partial charge in [-0.15, -0.1) is 0 Å². The van der Waals surface area contributed by atoms with Gasteiger partial charge in [-0.1, -0.05) is 37.1 Å². The monoisotopic (exact) mass is 537 g/mol. The lowest BCUT2D eigenvalue weighted by Crippen LogP contribution is -2.55. The van der Waals surface area contributed by atoms with Crippen molar-refractivity contribution < 1.29 is 31.2 Å². The number of carbonyl (C=O) groups is 2.